The molecule has 3 atom stereocenters. The molecule has 80 valence electrons. The molecule has 3 heteroatoms. The number of nitrogens with one attached hydrogen (secondary N) is 1. The Kier molecular flexibility index (Phi) is 4.14. The molecule has 0 radical (unpaired) electrons. The smallest absolute Gasteiger partial charge is 0.227 e. The van der Waals surface area contributed by atoms with E-state index in [2.05, 4.69) is 19.2 Å². The maximum Gasteiger partial charge on any atom is 0.227 e. The number of carbonyl (C=O) groups excluding carboxylic acids is 1. The Morgan fingerprint density at radius 1 is 1.64 bits per heavy atom. The predicted octanol–water partition coefficient (Wildman–Crippen LogP) is 1.05. The van der Waals surface area contributed by atoms with Crippen molar-refractivity contribution < 1.29 is 4.79 Å². The number of hydrogen-bond acceptors (Lipinski definition) is 2. The molecule has 1 amide bonds. The molecule has 0 bridgehead atoms. The van der Waals surface area contributed by atoms with Gasteiger partial charge in [0.15, 0.2) is 0 Å². The number of hydrogen-bond donors (Lipinski definition) is 2. The zero-order chi connectivity index (χ0) is 10.6. The monoisotopic (exact) mass is 196 g/mol. The van der Waals surface area contributed by atoms with Crippen molar-refractivity contribution in [2.24, 2.45) is 17.6 Å². The van der Waals surface area contributed by atoms with Crippen LogP contribution in [-0.2, 0) is 4.79 Å². The third kappa shape index (κ3) is 3.14. The van der Waals surface area contributed by atoms with Crippen molar-refractivity contribution in [3.05, 3.63) is 12.2 Å². The lowest BCUT2D eigenvalue weighted by Gasteiger charge is -2.13. The second kappa shape index (κ2) is 5.15. The van der Waals surface area contributed by atoms with Crippen LogP contribution >= 0.6 is 0 Å². The maximum atomic E-state index is 11.6. The molecule has 0 aromatic carbocycles. The minimum atomic E-state index is -0.00550. The minimum absolute atomic E-state index is 0.00550. The summed E-state index contributed by atoms with van der Waals surface area (Å²) in [6.45, 7) is 5.04. The summed E-state index contributed by atoms with van der Waals surface area (Å²) in [6.07, 6.45) is 5.68. The molecule has 0 aromatic heterocycles. The molecule has 0 heterocycles. The molecule has 3 N–H and O–H groups in total. The van der Waals surface area contributed by atoms with E-state index in [1.807, 2.05) is 12.2 Å². The molecule has 3 unspecified atom stereocenters. The van der Waals surface area contributed by atoms with Crippen LogP contribution in [-0.4, -0.2) is 18.5 Å². The van der Waals surface area contributed by atoms with E-state index in [9.17, 15) is 4.79 Å². The van der Waals surface area contributed by atoms with E-state index in [0.717, 1.165) is 19.4 Å². The Morgan fingerprint density at radius 3 is 2.86 bits per heavy atom. The Hall–Kier alpha value is -0.830. The van der Waals surface area contributed by atoms with Crippen molar-refractivity contribution in [2.75, 3.05) is 6.54 Å². The number of carbonyl (C=O) groups is 1. The third-order valence-corrected chi connectivity index (χ3v) is 2.78. The SMILES string of the molecule is CCC(C)CNC(=O)C1C=CC(N)C1. The second-order valence-electron chi connectivity index (χ2n) is 4.15. The molecular weight excluding hydrogens is 176 g/mol. The summed E-state index contributed by atoms with van der Waals surface area (Å²) in [5, 5.41) is 2.95. The van der Waals surface area contributed by atoms with Crippen molar-refractivity contribution >= 4 is 5.91 Å². The molecule has 0 saturated carbocycles. The van der Waals surface area contributed by atoms with Gasteiger partial charge < -0.3 is 11.1 Å². The van der Waals surface area contributed by atoms with E-state index in [1.54, 1.807) is 0 Å². The number of amides is 1. The highest BCUT2D eigenvalue weighted by atomic mass is 16.1. The van der Waals surface area contributed by atoms with Crippen LogP contribution in [0.3, 0.4) is 0 Å². The average molecular weight is 196 g/mol. The van der Waals surface area contributed by atoms with Gasteiger partial charge in [-0.1, -0.05) is 32.4 Å². The molecule has 1 rings (SSSR count). The van der Waals surface area contributed by atoms with E-state index in [-0.39, 0.29) is 17.9 Å². The summed E-state index contributed by atoms with van der Waals surface area (Å²) >= 11 is 0. The third-order valence-electron chi connectivity index (χ3n) is 2.78. The highest BCUT2D eigenvalue weighted by molar-refractivity contribution is 5.81. The van der Waals surface area contributed by atoms with Crippen LogP contribution < -0.4 is 11.1 Å². The number of rotatable bonds is 4. The lowest BCUT2D eigenvalue weighted by Crippen LogP contribution is -2.33. The van der Waals surface area contributed by atoms with Crippen LogP contribution in [0.25, 0.3) is 0 Å². The topological polar surface area (TPSA) is 55.1 Å². The Labute approximate surface area is 85.7 Å². The molecule has 0 spiro atoms. The first-order chi connectivity index (χ1) is 6.63. The summed E-state index contributed by atoms with van der Waals surface area (Å²) < 4.78 is 0. The average Bonchev–Trinajstić information content (AvgIpc) is 2.60. The lowest BCUT2D eigenvalue weighted by atomic mass is 10.1. The van der Waals surface area contributed by atoms with Gasteiger partial charge in [0.05, 0.1) is 5.92 Å². The van der Waals surface area contributed by atoms with Gasteiger partial charge in [0, 0.05) is 12.6 Å². The van der Waals surface area contributed by atoms with Crippen molar-refractivity contribution in [3.63, 3.8) is 0 Å². The first-order valence-corrected chi connectivity index (χ1v) is 5.35. The van der Waals surface area contributed by atoms with Gasteiger partial charge in [-0.25, -0.2) is 0 Å². The summed E-state index contributed by atoms with van der Waals surface area (Å²) in [5.74, 6) is 0.668. The standard InChI is InChI=1S/C11H20N2O/c1-3-8(2)7-13-11(14)9-4-5-10(12)6-9/h4-5,8-10H,3,6-7,12H2,1-2H3,(H,13,14). The van der Waals surface area contributed by atoms with Crippen LogP contribution in [0, 0.1) is 11.8 Å². The molecule has 3 nitrogen and oxygen atoms in total. The van der Waals surface area contributed by atoms with Crippen molar-refractivity contribution in [1.29, 1.82) is 0 Å². The van der Waals surface area contributed by atoms with Gasteiger partial charge >= 0.3 is 0 Å². The fourth-order valence-corrected chi connectivity index (χ4v) is 1.47. The van der Waals surface area contributed by atoms with Gasteiger partial charge in [0.2, 0.25) is 5.91 Å². The van der Waals surface area contributed by atoms with Gasteiger partial charge in [-0.15, -0.1) is 0 Å². The molecule has 0 aromatic rings. The maximum absolute atomic E-state index is 11.6. The van der Waals surface area contributed by atoms with Gasteiger partial charge in [0.1, 0.15) is 0 Å². The second-order valence-corrected chi connectivity index (χ2v) is 4.15. The fraction of sp³-hybridized carbons (Fsp3) is 0.727. The van der Waals surface area contributed by atoms with Crippen LogP contribution in [0.4, 0.5) is 0 Å². The van der Waals surface area contributed by atoms with Crippen LogP contribution in [0.1, 0.15) is 26.7 Å². The van der Waals surface area contributed by atoms with E-state index in [1.165, 1.54) is 0 Å². The summed E-state index contributed by atoms with van der Waals surface area (Å²) in [5.41, 5.74) is 5.68. The van der Waals surface area contributed by atoms with Gasteiger partial charge in [-0.05, 0) is 12.3 Å². The van der Waals surface area contributed by atoms with Gasteiger partial charge in [-0.3, -0.25) is 4.79 Å². The quantitative estimate of drug-likeness (QED) is 0.660. The molecule has 1 aliphatic carbocycles. The first kappa shape index (κ1) is 11.2. The molecule has 14 heavy (non-hydrogen) atoms. The zero-order valence-corrected chi connectivity index (χ0v) is 8.99. The molecule has 0 fully saturated rings. The lowest BCUT2D eigenvalue weighted by molar-refractivity contribution is -0.123. The van der Waals surface area contributed by atoms with E-state index < -0.39 is 0 Å². The normalized spacial score (nSPS) is 27.6. The van der Waals surface area contributed by atoms with Gasteiger partial charge in [-0.2, -0.15) is 0 Å². The van der Waals surface area contributed by atoms with E-state index >= 15 is 0 Å². The van der Waals surface area contributed by atoms with Crippen molar-refractivity contribution in [3.8, 4) is 0 Å². The Morgan fingerprint density at radius 2 is 2.36 bits per heavy atom. The summed E-state index contributed by atoms with van der Waals surface area (Å²) in [7, 11) is 0. The largest absolute Gasteiger partial charge is 0.355 e. The molecule has 0 aliphatic heterocycles. The molecular formula is C11H20N2O. The van der Waals surface area contributed by atoms with E-state index in [0.29, 0.717) is 5.92 Å². The van der Waals surface area contributed by atoms with Crippen molar-refractivity contribution in [1.82, 2.24) is 5.32 Å². The Balaban J connectivity index is 2.26. The zero-order valence-electron chi connectivity index (χ0n) is 8.99. The highest BCUT2D eigenvalue weighted by Crippen LogP contribution is 2.16. The van der Waals surface area contributed by atoms with Crippen LogP contribution in [0.5, 0.6) is 0 Å². The summed E-state index contributed by atoms with van der Waals surface area (Å²) in [4.78, 5) is 11.6. The van der Waals surface area contributed by atoms with Crippen LogP contribution in [0.2, 0.25) is 0 Å². The fourth-order valence-electron chi connectivity index (χ4n) is 1.47. The predicted molar refractivity (Wildman–Crippen MR) is 57.7 cm³/mol. The van der Waals surface area contributed by atoms with Crippen molar-refractivity contribution in [2.45, 2.75) is 32.7 Å². The molecule has 0 saturated heterocycles. The summed E-state index contributed by atoms with van der Waals surface area (Å²) in [6, 6.07) is 0.0642. The Bertz CT molecular complexity index is 225. The highest BCUT2D eigenvalue weighted by Gasteiger charge is 2.22. The molecule has 1 aliphatic rings. The number of nitrogens with two attached hydrogens (primary N) is 1. The van der Waals surface area contributed by atoms with Crippen LogP contribution in [0.15, 0.2) is 12.2 Å². The van der Waals surface area contributed by atoms with E-state index in [4.69, 9.17) is 5.73 Å². The first-order valence-electron chi connectivity index (χ1n) is 5.35. The van der Waals surface area contributed by atoms with Gasteiger partial charge in [0.25, 0.3) is 0 Å². The minimum Gasteiger partial charge on any atom is -0.355 e.